The molecule has 0 saturated heterocycles. The third-order valence-corrected chi connectivity index (χ3v) is 3.34. The Balaban J connectivity index is 1.64. The molecule has 0 fully saturated rings. The highest BCUT2D eigenvalue weighted by atomic mass is 16.2. The van der Waals surface area contributed by atoms with Gasteiger partial charge >= 0.3 is 0 Å². The van der Waals surface area contributed by atoms with Crippen LogP contribution in [0.15, 0.2) is 61.1 Å². The molecule has 2 amide bonds. The summed E-state index contributed by atoms with van der Waals surface area (Å²) in [5.74, 6) is -0.817. The number of carbonyl (C=O) groups is 2. The van der Waals surface area contributed by atoms with Gasteiger partial charge in [-0.15, -0.1) is 0 Å². The molecule has 0 bridgehead atoms. The van der Waals surface area contributed by atoms with Crippen molar-refractivity contribution in [3.63, 3.8) is 0 Å². The predicted molar refractivity (Wildman–Crippen MR) is 85.3 cm³/mol. The second kappa shape index (κ2) is 6.65. The zero-order valence-electron chi connectivity index (χ0n) is 12.2. The molecule has 2 aromatic carbocycles. The fraction of sp³-hybridized carbons (Fsp3) is 0.0588. The number of aromatic nitrogens is 2. The van der Waals surface area contributed by atoms with Crippen molar-refractivity contribution in [1.29, 1.82) is 0 Å². The maximum atomic E-state index is 12.0. The Morgan fingerprint density at radius 2 is 1.78 bits per heavy atom. The van der Waals surface area contributed by atoms with E-state index < -0.39 is 5.91 Å². The first-order valence-corrected chi connectivity index (χ1v) is 7.06. The van der Waals surface area contributed by atoms with Crippen LogP contribution in [0.3, 0.4) is 0 Å². The summed E-state index contributed by atoms with van der Waals surface area (Å²) < 4.78 is 0. The van der Waals surface area contributed by atoms with Crippen molar-refractivity contribution in [2.45, 2.75) is 6.42 Å². The highest BCUT2D eigenvalue weighted by molar-refractivity contribution is 5.94. The van der Waals surface area contributed by atoms with Crippen molar-refractivity contribution in [1.82, 2.24) is 20.8 Å². The number of carbonyl (C=O) groups excluding carboxylic acids is 2. The van der Waals surface area contributed by atoms with E-state index in [0.717, 1.165) is 16.3 Å². The first-order valence-electron chi connectivity index (χ1n) is 7.06. The lowest BCUT2D eigenvalue weighted by Gasteiger charge is -2.08. The fourth-order valence-corrected chi connectivity index (χ4v) is 2.27. The standard InChI is InChI=1S/C17H14N4O2/c22-16(20-21-17(23)15-11-18-8-9-19-15)10-13-6-3-5-12-4-1-2-7-14(12)13/h1-9,11H,10H2,(H,20,22)(H,21,23). The van der Waals surface area contributed by atoms with Gasteiger partial charge in [0.25, 0.3) is 5.91 Å². The lowest BCUT2D eigenvalue weighted by molar-refractivity contribution is -0.121. The summed E-state index contributed by atoms with van der Waals surface area (Å²) in [7, 11) is 0. The van der Waals surface area contributed by atoms with Crippen LogP contribution in [0.25, 0.3) is 10.8 Å². The van der Waals surface area contributed by atoms with Gasteiger partial charge in [-0.2, -0.15) is 0 Å². The predicted octanol–water partition coefficient (Wildman–Crippen LogP) is 1.63. The SMILES string of the molecule is O=C(Cc1cccc2ccccc12)NNC(=O)c1cnccn1. The molecular weight excluding hydrogens is 292 g/mol. The van der Waals surface area contributed by atoms with Gasteiger partial charge < -0.3 is 0 Å². The Hall–Kier alpha value is -3.28. The second-order valence-corrected chi connectivity index (χ2v) is 4.91. The molecule has 1 heterocycles. The van der Waals surface area contributed by atoms with Crippen molar-refractivity contribution >= 4 is 22.6 Å². The molecule has 3 rings (SSSR count). The molecule has 0 unspecified atom stereocenters. The summed E-state index contributed by atoms with van der Waals surface area (Å²) in [6.45, 7) is 0. The van der Waals surface area contributed by atoms with E-state index >= 15 is 0 Å². The molecule has 23 heavy (non-hydrogen) atoms. The van der Waals surface area contributed by atoms with Crippen LogP contribution in [0.5, 0.6) is 0 Å². The van der Waals surface area contributed by atoms with Crippen molar-refractivity contribution < 1.29 is 9.59 Å². The van der Waals surface area contributed by atoms with E-state index in [9.17, 15) is 9.59 Å². The molecule has 0 spiro atoms. The van der Waals surface area contributed by atoms with Gasteiger partial charge in [0, 0.05) is 12.4 Å². The van der Waals surface area contributed by atoms with E-state index in [1.54, 1.807) is 0 Å². The lowest BCUT2D eigenvalue weighted by Crippen LogP contribution is -2.42. The van der Waals surface area contributed by atoms with Crippen LogP contribution in [-0.4, -0.2) is 21.8 Å². The second-order valence-electron chi connectivity index (χ2n) is 4.91. The van der Waals surface area contributed by atoms with Gasteiger partial charge in [0.1, 0.15) is 5.69 Å². The van der Waals surface area contributed by atoms with Crippen molar-refractivity contribution in [2.24, 2.45) is 0 Å². The minimum absolute atomic E-state index is 0.137. The highest BCUT2D eigenvalue weighted by Gasteiger charge is 2.10. The number of hydrogen-bond acceptors (Lipinski definition) is 4. The minimum Gasteiger partial charge on any atom is -0.273 e. The highest BCUT2D eigenvalue weighted by Crippen LogP contribution is 2.18. The van der Waals surface area contributed by atoms with Crippen LogP contribution in [-0.2, 0) is 11.2 Å². The average molecular weight is 306 g/mol. The molecule has 0 aliphatic rings. The molecule has 0 aliphatic carbocycles. The number of hydrogen-bond donors (Lipinski definition) is 2. The summed E-state index contributed by atoms with van der Waals surface area (Å²) in [6.07, 6.45) is 4.37. The summed E-state index contributed by atoms with van der Waals surface area (Å²) in [6, 6.07) is 13.6. The van der Waals surface area contributed by atoms with E-state index in [2.05, 4.69) is 20.8 Å². The normalized spacial score (nSPS) is 10.3. The largest absolute Gasteiger partial charge is 0.289 e. The number of amides is 2. The molecular formula is C17H14N4O2. The Bertz CT molecular complexity index is 844. The molecule has 1 aromatic heterocycles. The zero-order chi connectivity index (χ0) is 16.1. The number of hydrazine groups is 1. The van der Waals surface area contributed by atoms with E-state index in [-0.39, 0.29) is 18.0 Å². The molecule has 6 nitrogen and oxygen atoms in total. The molecule has 0 radical (unpaired) electrons. The summed E-state index contributed by atoms with van der Waals surface area (Å²) >= 11 is 0. The van der Waals surface area contributed by atoms with Crippen molar-refractivity contribution in [2.75, 3.05) is 0 Å². The van der Waals surface area contributed by atoms with Gasteiger partial charge in [0.2, 0.25) is 5.91 Å². The molecule has 2 N–H and O–H groups in total. The average Bonchev–Trinajstić information content (AvgIpc) is 2.61. The van der Waals surface area contributed by atoms with E-state index in [1.807, 2.05) is 42.5 Å². The summed E-state index contributed by atoms with van der Waals surface area (Å²) in [5, 5.41) is 2.09. The third-order valence-electron chi connectivity index (χ3n) is 3.34. The van der Waals surface area contributed by atoms with E-state index in [4.69, 9.17) is 0 Å². The first kappa shape index (κ1) is 14.6. The van der Waals surface area contributed by atoms with E-state index in [0.29, 0.717) is 0 Å². The topological polar surface area (TPSA) is 84.0 Å². The Morgan fingerprint density at radius 3 is 2.61 bits per heavy atom. The van der Waals surface area contributed by atoms with Crippen LogP contribution < -0.4 is 10.9 Å². The van der Waals surface area contributed by atoms with E-state index in [1.165, 1.54) is 18.6 Å². The fourth-order valence-electron chi connectivity index (χ4n) is 2.27. The van der Waals surface area contributed by atoms with Crippen LogP contribution in [0.4, 0.5) is 0 Å². The number of nitrogens with zero attached hydrogens (tertiary/aromatic N) is 2. The molecule has 0 atom stereocenters. The first-order chi connectivity index (χ1) is 11.2. The van der Waals surface area contributed by atoms with Gasteiger partial charge in [-0.05, 0) is 16.3 Å². The van der Waals surface area contributed by atoms with Gasteiger partial charge in [0.15, 0.2) is 0 Å². The Morgan fingerprint density at radius 1 is 0.957 bits per heavy atom. The Kier molecular flexibility index (Phi) is 4.24. The molecule has 3 aromatic rings. The van der Waals surface area contributed by atoms with Crippen molar-refractivity contribution in [3.8, 4) is 0 Å². The van der Waals surface area contributed by atoms with Crippen LogP contribution >= 0.6 is 0 Å². The number of benzene rings is 2. The quantitative estimate of drug-likeness (QED) is 0.720. The number of rotatable bonds is 3. The maximum absolute atomic E-state index is 12.0. The van der Waals surface area contributed by atoms with Gasteiger partial charge in [-0.1, -0.05) is 42.5 Å². The lowest BCUT2D eigenvalue weighted by atomic mass is 10.0. The van der Waals surface area contributed by atoms with Crippen molar-refractivity contribution in [3.05, 3.63) is 72.3 Å². The Labute approximate surface area is 132 Å². The zero-order valence-corrected chi connectivity index (χ0v) is 12.2. The monoisotopic (exact) mass is 306 g/mol. The van der Waals surface area contributed by atoms with Gasteiger partial charge in [-0.25, -0.2) is 4.98 Å². The minimum atomic E-state index is -0.510. The molecule has 114 valence electrons. The van der Waals surface area contributed by atoms with Crippen LogP contribution in [0.1, 0.15) is 16.1 Å². The maximum Gasteiger partial charge on any atom is 0.289 e. The van der Waals surface area contributed by atoms with Crippen LogP contribution in [0, 0.1) is 0 Å². The third kappa shape index (κ3) is 3.49. The molecule has 0 aliphatic heterocycles. The molecule has 0 saturated carbocycles. The smallest absolute Gasteiger partial charge is 0.273 e. The molecule has 6 heteroatoms. The van der Waals surface area contributed by atoms with Crippen LogP contribution in [0.2, 0.25) is 0 Å². The van der Waals surface area contributed by atoms with Gasteiger partial charge in [-0.3, -0.25) is 25.4 Å². The summed E-state index contributed by atoms with van der Waals surface area (Å²) in [5.41, 5.74) is 5.75. The number of fused-ring (bicyclic) bond motifs is 1. The summed E-state index contributed by atoms with van der Waals surface area (Å²) in [4.78, 5) is 31.5. The number of nitrogens with one attached hydrogen (secondary N) is 2. The van der Waals surface area contributed by atoms with Gasteiger partial charge in [0.05, 0.1) is 12.6 Å².